The van der Waals surface area contributed by atoms with Crippen molar-refractivity contribution in [2.24, 2.45) is 10.2 Å². The lowest BCUT2D eigenvalue weighted by molar-refractivity contribution is 1.27. The van der Waals surface area contributed by atoms with E-state index in [9.17, 15) is 4.91 Å². The largest absolute Gasteiger partial charge is 0.271 e. The van der Waals surface area contributed by atoms with Gasteiger partial charge in [-0.1, -0.05) is 17.8 Å². The zero-order valence-corrected chi connectivity index (χ0v) is 9.71. The predicted octanol–water partition coefficient (Wildman–Crippen LogP) is 2.81. The SMILES string of the molecule is CSC(=Nc1ccc(C)c(N=O)c1)NC#N. The van der Waals surface area contributed by atoms with Gasteiger partial charge in [-0.25, -0.2) is 4.99 Å². The summed E-state index contributed by atoms with van der Waals surface area (Å²) in [6.07, 6.45) is 3.59. The summed E-state index contributed by atoms with van der Waals surface area (Å²) in [5.74, 6) is 0. The molecule has 16 heavy (non-hydrogen) atoms. The van der Waals surface area contributed by atoms with Gasteiger partial charge in [-0.05, 0) is 36.1 Å². The minimum atomic E-state index is 0.360. The summed E-state index contributed by atoms with van der Waals surface area (Å²) < 4.78 is 0. The molecule has 0 atom stereocenters. The van der Waals surface area contributed by atoms with Gasteiger partial charge in [-0.3, -0.25) is 5.32 Å². The number of thioether (sulfide) groups is 1. The van der Waals surface area contributed by atoms with E-state index in [2.05, 4.69) is 15.5 Å². The second-order valence-electron chi connectivity index (χ2n) is 2.92. The van der Waals surface area contributed by atoms with Crippen LogP contribution in [0.3, 0.4) is 0 Å². The smallest absolute Gasteiger partial charge is 0.183 e. The Kier molecular flexibility index (Phi) is 4.48. The number of nitroso groups, excluding NO2 is 1. The summed E-state index contributed by atoms with van der Waals surface area (Å²) >= 11 is 1.31. The second-order valence-corrected chi connectivity index (χ2v) is 3.71. The first-order valence-corrected chi connectivity index (χ1v) is 5.65. The van der Waals surface area contributed by atoms with Crippen LogP contribution in [-0.4, -0.2) is 11.4 Å². The molecular formula is C10H10N4OS. The van der Waals surface area contributed by atoms with Crippen molar-refractivity contribution in [2.45, 2.75) is 6.92 Å². The monoisotopic (exact) mass is 234 g/mol. The van der Waals surface area contributed by atoms with Crippen molar-refractivity contribution in [3.8, 4) is 6.19 Å². The molecule has 0 aliphatic rings. The van der Waals surface area contributed by atoms with Crippen LogP contribution in [0, 0.1) is 23.3 Å². The number of aryl methyl sites for hydroxylation is 1. The van der Waals surface area contributed by atoms with Gasteiger partial charge in [0.2, 0.25) is 0 Å². The van der Waals surface area contributed by atoms with E-state index in [0.29, 0.717) is 16.5 Å². The normalized spacial score (nSPS) is 10.7. The molecule has 0 aliphatic heterocycles. The second kappa shape index (κ2) is 5.88. The highest BCUT2D eigenvalue weighted by Gasteiger charge is 2.01. The first-order valence-electron chi connectivity index (χ1n) is 4.43. The van der Waals surface area contributed by atoms with Gasteiger partial charge in [-0.2, -0.15) is 5.26 Å². The lowest BCUT2D eigenvalue weighted by Crippen LogP contribution is -2.12. The number of hydrogen-bond donors (Lipinski definition) is 1. The van der Waals surface area contributed by atoms with Crippen LogP contribution in [-0.2, 0) is 0 Å². The number of benzene rings is 1. The minimum Gasteiger partial charge on any atom is -0.271 e. The number of rotatable bonds is 2. The van der Waals surface area contributed by atoms with E-state index in [1.165, 1.54) is 11.8 Å². The number of hydrogen-bond acceptors (Lipinski definition) is 5. The lowest BCUT2D eigenvalue weighted by Gasteiger charge is -2.01. The molecule has 82 valence electrons. The first kappa shape index (κ1) is 12.2. The summed E-state index contributed by atoms with van der Waals surface area (Å²) in [7, 11) is 0. The van der Waals surface area contributed by atoms with Gasteiger partial charge in [0.15, 0.2) is 11.4 Å². The van der Waals surface area contributed by atoms with Gasteiger partial charge in [0.25, 0.3) is 0 Å². The van der Waals surface area contributed by atoms with Gasteiger partial charge in [-0.15, -0.1) is 4.91 Å². The zero-order valence-electron chi connectivity index (χ0n) is 8.89. The van der Waals surface area contributed by atoms with Crippen LogP contribution in [0.4, 0.5) is 11.4 Å². The maximum absolute atomic E-state index is 10.5. The molecule has 0 heterocycles. The van der Waals surface area contributed by atoms with Crippen LogP contribution < -0.4 is 5.32 Å². The van der Waals surface area contributed by atoms with Gasteiger partial charge in [0.05, 0.1) is 5.69 Å². The zero-order chi connectivity index (χ0) is 12.0. The molecule has 0 bridgehead atoms. The lowest BCUT2D eigenvalue weighted by atomic mass is 10.2. The number of amidine groups is 1. The third-order valence-electron chi connectivity index (χ3n) is 1.88. The van der Waals surface area contributed by atoms with Crippen LogP contribution in [0.1, 0.15) is 5.56 Å². The average molecular weight is 234 g/mol. The molecule has 6 heteroatoms. The summed E-state index contributed by atoms with van der Waals surface area (Å²) in [6.45, 7) is 1.80. The quantitative estimate of drug-likeness (QED) is 0.280. The molecule has 0 radical (unpaired) electrons. The standard InChI is InChI=1S/C10H10N4OS/c1-7-3-4-8(5-9(7)14-15)13-10(16-2)12-6-11/h3-5H,1-2H3,(H,12,13). The highest BCUT2D eigenvalue weighted by Crippen LogP contribution is 2.25. The van der Waals surface area contributed by atoms with Gasteiger partial charge in [0, 0.05) is 0 Å². The van der Waals surface area contributed by atoms with Crippen molar-refractivity contribution in [3.05, 3.63) is 28.7 Å². The minimum absolute atomic E-state index is 0.360. The first-order chi connectivity index (χ1) is 7.71. The molecule has 1 rings (SSSR count). The number of nitrogens with zero attached hydrogens (tertiary/aromatic N) is 3. The molecule has 0 saturated carbocycles. The molecule has 0 aromatic heterocycles. The third kappa shape index (κ3) is 3.07. The molecule has 0 saturated heterocycles. The van der Waals surface area contributed by atoms with Gasteiger partial charge < -0.3 is 0 Å². The van der Waals surface area contributed by atoms with Crippen LogP contribution in [0.25, 0.3) is 0 Å². The maximum Gasteiger partial charge on any atom is 0.183 e. The summed E-state index contributed by atoms with van der Waals surface area (Å²) in [6, 6.07) is 5.11. The van der Waals surface area contributed by atoms with Crippen LogP contribution in [0.5, 0.6) is 0 Å². The van der Waals surface area contributed by atoms with E-state index in [4.69, 9.17) is 5.26 Å². The Balaban J connectivity index is 3.05. The fourth-order valence-electron chi connectivity index (χ4n) is 1.06. The molecule has 0 spiro atoms. The molecule has 1 N–H and O–H groups in total. The summed E-state index contributed by atoms with van der Waals surface area (Å²) in [4.78, 5) is 14.7. The Morgan fingerprint density at radius 2 is 2.31 bits per heavy atom. The van der Waals surface area contributed by atoms with E-state index in [0.717, 1.165) is 5.56 Å². The summed E-state index contributed by atoms with van der Waals surface area (Å²) in [5, 5.41) is 14.3. The van der Waals surface area contributed by atoms with Crippen molar-refractivity contribution >= 4 is 28.3 Å². The Bertz CT molecular complexity index is 464. The van der Waals surface area contributed by atoms with Crippen molar-refractivity contribution in [1.29, 1.82) is 5.26 Å². The Labute approximate surface area is 97.5 Å². The number of nitriles is 1. The van der Waals surface area contributed by atoms with E-state index in [-0.39, 0.29) is 0 Å². The Morgan fingerprint density at radius 3 is 2.88 bits per heavy atom. The van der Waals surface area contributed by atoms with Gasteiger partial charge >= 0.3 is 0 Å². The average Bonchev–Trinajstić information content (AvgIpc) is 2.30. The fourth-order valence-corrected chi connectivity index (χ4v) is 1.40. The number of nitrogens with one attached hydrogen (secondary N) is 1. The molecule has 0 aliphatic carbocycles. The van der Waals surface area contributed by atoms with Crippen molar-refractivity contribution in [3.63, 3.8) is 0 Å². The summed E-state index contributed by atoms with van der Waals surface area (Å²) in [5.41, 5.74) is 1.75. The van der Waals surface area contributed by atoms with Crippen LogP contribution in [0.2, 0.25) is 0 Å². The van der Waals surface area contributed by atoms with Crippen molar-refractivity contribution in [1.82, 2.24) is 5.32 Å². The Hall–Kier alpha value is -1.87. The highest BCUT2D eigenvalue weighted by molar-refractivity contribution is 8.13. The molecule has 5 nitrogen and oxygen atoms in total. The highest BCUT2D eigenvalue weighted by atomic mass is 32.2. The molecule has 0 unspecified atom stereocenters. The number of aliphatic imine (C=N–C) groups is 1. The molecular weight excluding hydrogens is 224 g/mol. The van der Waals surface area contributed by atoms with Gasteiger partial charge in [0.1, 0.15) is 5.69 Å². The molecule has 0 amide bonds. The van der Waals surface area contributed by atoms with Crippen LogP contribution in [0.15, 0.2) is 28.4 Å². The maximum atomic E-state index is 10.5. The van der Waals surface area contributed by atoms with E-state index >= 15 is 0 Å². The Morgan fingerprint density at radius 1 is 1.56 bits per heavy atom. The molecule has 1 aromatic rings. The van der Waals surface area contributed by atoms with E-state index in [1.54, 1.807) is 37.6 Å². The topological polar surface area (TPSA) is 77.6 Å². The van der Waals surface area contributed by atoms with Crippen molar-refractivity contribution < 1.29 is 0 Å². The molecule has 0 fully saturated rings. The van der Waals surface area contributed by atoms with E-state index in [1.807, 2.05) is 0 Å². The third-order valence-corrected chi connectivity index (χ3v) is 2.46. The molecule has 1 aromatic carbocycles. The van der Waals surface area contributed by atoms with Crippen molar-refractivity contribution in [2.75, 3.05) is 6.26 Å². The predicted molar refractivity (Wildman–Crippen MR) is 66.0 cm³/mol. The van der Waals surface area contributed by atoms with E-state index < -0.39 is 0 Å². The van der Waals surface area contributed by atoms with Crippen LogP contribution >= 0.6 is 11.8 Å². The fraction of sp³-hybridized carbons (Fsp3) is 0.200.